The van der Waals surface area contributed by atoms with E-state index < -0.39 is 12.0 Å². The van der Waals surface area contributed by atoms with Crippen molar-refractivity contribution in [3.8, 4) is 0 Å². The number of aromatic amines is 1. The minimum Gasteiger partial charge on any atom is -0.480 e. The molecule has 4 N–H and O–H groups in total. The lowest BCUT2D eigenvalue weighted by atomic mass is 10.1. The van der Waals surface area contributed by atoms with Crippen LogP contribution in [0.3, 0.4) is 0 Å². The number of rotatable bonds is 5. The van der Waals surface area contributed by atoms with E-state index in [1.807, 2.05) is 5.16 Å². The van der Waals surface area contributed by atoms with Gasteiger partial charge in [0, 0.05) is 0 Å². The summed E-state index contributed by atoms with van der Waals surface area (Å²) in [6, 6.07) is -0.888. The first-order valence-electron chi connectivity index (χ1n) is 4.13. The molecule has 7 nitrogen and oxygen atoms in total. The van der Waals surface area contributed by atoms with Gasteiger partial charge in [-0.15, -0.1) is 0 Å². The summed E-state index contributed by atoms with van der Waals surface area (Å²) in [4.78, 5) is 21.2. The molecule has 1 heterocycles. The van der Waals surface area contributed by atoms with Crippen LogP contribution in [0.4, 0.5) is 0 Å². The van der Waals surface area contributed by atoms with Gasteiger partial charge in [0.05, 0.1) is 0 Å². The maximum Gasteiger partial charge on any atom is 0.320 e. The van der Waals surface area contributed by atoms with E-state index in [1.165, 1.54) is 0 Å². The summed E-state index contributed by atoms with van der Waals surface area (Å²) in [6.45, 7) is 0. The fraction of sp³-hybridized carbons (Fsp3) is 0.571. The number of H-pyrrole nitrogens is 1. The van der Waals surface area contributed by atoms with E-state index in [9.17, 15) is 9.59 Å². The molecule has 1 aromatic heterocycles. The Kier molecular flexibility index (Phi) is 3.41. The number of hydrogen-bond acceptors (Lipinski definition) is 5. The van der Waals surface area contributed by atoms with Gasteiger partial charge in [-0.05, 0) is 19.3 Å². The summed E-state index contributed by atoms with van der Waals surface area (Å²) in [7, 11) is 0. The summed E-state index contributed by atoms with van der Waals surface area (Å²) in [5.41, 5.74) is 5.15. The van der Waals surface area contributed by atoms with E-state index in [2.05, 4.69) is 9.79 Å². The SMILES string of the molecule is N[C@@H](CCCc1no[nH]c1=O)C(=O)O. The Balaban J connectivity index is 2.32. The van der Waals surface area contributed by atoms with E-state index in [4.69, 9.17) is 10.8 Å². The maximum absolute atomic E-state index is 10.9. The molecule has 1 aromatic rings. The summed E-state index contributed by atoms with van der Waals surface area (Å²) in [5, 5.41) is 13.9. The van der Waals surface area contributed by atoms with Crippen LogP contribution in [0, 0.1) is 0 Å². The van der Waals surface area contributed by atoms with Crippen LogP contribution in [0.15, 0.2) is 9.42 Å². The molecule has 78 valence electrons. The third-order valence-electron chi connectivity index (χ3n) is 1.80. The highest BCUT2D eigenvalue weighted by molar-refractivity contribution is 5.72. The number of carboxylic acids is 1. The third-order valence-corrected chi connectivity index (χ3v) is 1.80. The topological polar surface area (TPSA) is 122 Å². The number of nitrogens with zero attached hydrogens (tertiary/aromatic N) is 1. The zero-order valence-electron chi connectivity index (χ0n) is 7.40. The van der Waals surface area contributed by atoms with Crippen molar-refractivity contribution in [3.63, 3.8) is 0 Å². The van der Waals surface area contributed by atoms with Gasteiger partial charge in [-0.1, -0.05) is 5.16 Å². The Hall–Kier alpha value is -1.63. The van der Waals surface area contributed by atoms with Crippen LogP contribution in [0.1, 0.15) is 18.5 Å². The molecule has 0 amide bonds. The predicted octanol–water partition coefficient (Wildman–Crippen LogP) is -0.903. The molecule has 0 bridgehead atoms. The number of nitrogens with one attached hydrogen (secondary N) is 1. The van der Waals surface area contributed by atoms with Crippen molar-refractivity contribution in [1.29, 1.82) is 0 Å². The van der Waals surface area contributed by atoms with Crippen molar-refractivity contribution in [1.82, 2.24) is 10.3 Å². The Morgan fingerprint density at radius 3 is 2.93 bits per heavy atom. The largest absolute Gasteiger partial charge is 0.480 e. The van der Waals surface area contributed by atoms with Gasteiger partial charge >= 0.3 is 11.5 Å². The number of aromatic nitrogens is 2. The van der Waals surface area contributed by atoms with Crippen LogP contribution < -0.4 is 11.3 Å². The molecular formula is C7H11N3O4. The predicted molar refractivity (Wildman–Crippen MR) is 45.7 cm³/mol. The van der Waals surface area contributed by atoms with Crippen molar-refractivity contribution >= 4 is 5.97 Å². The van der Waals surface area contributed by atoms with Crippen LogP contribution in [-0.2, 0) is 11.2 Å². The molecule has 1 rings (SSSR count). The molecule has 1 atom stereocenters. The highest BCUT2D eigenvalue weighted by Crippen LogP contribution is 1.99. The average molecular weight is 201 g/mol. The molecule has 0 fully saturated rings. The summed E-state index contributed by atoms with van der Waals surface area (Å²) in [6.07, 6.45) is 1.16. The Morgan fingerprint density at radius 1 is 1.71 bits per heavy atom. The lowest BCUT2D eigenvalue weighted by Crippen LogP contribution is -2.30. The molecule has 0 saturated carbocycles. The summed E-state index contributed by atoms with van der Waals surface area (Å²) in [5.74, 6) is -1.04. The van der Waals surface area contributed by atoms with Gasteiger partial charge in [-0.3, -0.25) is 14.2 Å². The number of hydrogen-bond donors (Lipinski definition) is 3. The van der Waals surface area contributed by atoms with Crippen LogP contribution in [-0.4, -0.2) is 27.4 Å². The molecule has 0 unspecified atom stereocenters. The molecule has 0 aliphatic rings. The number of aryl methyl sites for hydroxylation is 1. The first kappa shape index (κ1) is 10.5. The second-order valence-electron chi connectivity index (χ2n) is 2.90. The Bertz CT molecular complexity index is 356. The second kappa shape index (κ2) is 4.56. The van der Waals surface area contributed by atoms with Gasteiger partial charge in [0.15, 0.2) is 5.69 Å². The zero-order valence-corrected chi connectivity index (χ0v) is 7.40. The number of carbonyl (C=O) groups is 1. The van der Waals surface area contributed by atoms with Crippen molar-refractivity contribution in [2.45, 2.75) is 25.3 Å². The lowest BCUT2D eigenvalue weighted by Gasteiger charge is -2.03. The van der Waals surface area contributed by atoms with E-state index in [-0.39, 0.29) is 11.3 Å². The van der Waals surface area contributed by atoms with Gasteiger partial charge < -0.3 is 10.8 Å². The molecule has 0 aromatic carbocycles. The monoisotopic (exact) mass is 201 g/mol. The summed E-state index contributed by atoms with van der Waals surface area (Å²) < 4.78 is 4.32. The van der Waals surface area contributed by atoms with Gasteiger partial charge in [0.25, 0.3) is 0 Å². The van der Waals surface area contributed by atoms with E-state index in [1.54, 1.807) is 0 Å². The number of carboxylic acid groups (broad SMARTS) is 1. The van der Waals surface area contributed by atoms with Crippen LogP contribution >= 0.6 is 0 Å². The second-order valence-corrected chi connectivity index (χ2v) is 2.90. The van der Waals surface area contributed by atoms with E-state index in [0.29, 0.717) is 19.3 Å². The Morgan fingerprint density at radius 2 is 2.43 bits per heavy atom. The molecule has 0 aliphatic heterocycles. The molecule has 0 spiro atoms. The minimum atomic E-state index is -1.04. The minimum absolute atomic E-state index is 0.266. The maximum atomic E-state index is 10.9. The van der Waals surface area contributed by atoms with Gasteiger partial charge in [0.1, 0.15) is 6.04 Å². The van der Waals surface area contributed by atoms with Crippen LogP contribution in [0.25, 0.3) is 0 Å². The zero-order chi connectivity index (χ0) is 10.6. The first-order chi connectivity index (χ1) is 6.61. The first-order valence-corrected chi connectivity index (χ1v) is 4.13. The van der Waals surface area contributed by atoms with Crippen LogP contribution in [0.5, 0.6) is 0 Å². The van der Waals surface area contributed by atoms with Crippen molar-refractivity contribution in [3.05, 3.63) is 16.0 Å². The van der Waals surface area contributed by atoms with Crippen molar-refractivity contribution < 1.29 is 14.5 Å². The highest BCUT2D eigenvalue weighted by Gasteiger charge is 2.12. The molecule has 7 heteroatoms. The molecule has 14 heavy (non-hydrogen) atoms. The standard InChI is InChI=1S/C7H11N3O4/c8-4(7(12)13)2-1-3-5-6(11)10-14-9-5/h4H,1-3,8H2,(H,10,11)(H,12,13)/t4-/m0/s1. The molecule has 0 aliphatic carbocycles. The Labute approximate surface area is 78.8 Å². The third kappa shape index (κ3) is 2.70. The van der Waals surface area contributed by atoms with E-state index in [0.717, 1.165) is 0 Å². The average Bonchev–Trinajstić information content (AvgIpc) is 2.51. The van der Waals surface area contributed by atoms with Gasteiger partial charge in [-0.2, -0.15) is 5.16 Å². The molecular weight excluding hydrogens is 190 g/mol. The van der Waals surface area contributed by atoms with E-state index >= 15 is 0 Å². The smallest absolute Gasteiger partial charge is 0.320 e. The van der Waals surface area contributed by atoms with Crippen molar-refractivity contribution in [2.75, 3.05) is 0 Å². The highest BCUT2D eigenvalue weighted by atomic mass is 16.6. The van der Waals surface area contributed by atoms with Gasteiger partial charge in [0.2, 0.25) is 0 Å². The normalized spacial score (nSPS) is 12.6. The fourth-order valence-electron chi connectivity index (χ4n) is 0.992. The quantitative estimate of drug-likeness (QED) is 0.567. The van der Waals surface area contributed by atoms with Crippen molar-refractivity contribution in [2.24, 2.45) is 5.73 Å². The number of aliphatic carboxylic acids is 1. The number of nitrogens with two attached hydrogens (primary N) is 1. The lowest BCUT2D eigenvalue weighted by molar-refractivity contribution is -0.138. The van der Waals surface area contributed by atoms with Gasteiger partial charge in [-0.25, -0.2) is 0 Å². The van der Waals surface area contributed by atoms with Crippen LogP contribution in [0.2, 0.25) is 0 Å². The molecule has 0 saturated heterocycles. The summed E-state index contributed by atoms with van der Waals surface area (Å²) >= 11 is 0. The fourth-order valence-corrected chi connectivity index (χ4v) is 0.992. The molecule has 0 radical (unpaired) electrons.